The van der Waals surface area contributed by atoms with E-state index < -0.39 is 6.03 Å². The van der Waals surface area contributed by atoms with Crippen LogP contribution in [0.5, 0.6) is 0 Å². The van der Waals surface area contributed by atoms with E-state index in [0.717, 1.165) is 12.8 Å². The number of urea groups is 1. The number of thioether (sulfide) groups is 1. The molecule has 0 bridgehead atoms. The van der Waals surface area contributed by atoms with Crippen LogP contribution in [-0.4, -0.2) is 39.0 Å². The number of amides is 3. The summed E-state index contributed by atoms with van der Waals surface area (Å²) >= 11 is 1.22. The molecule has 0 atom stereocenters. The van der Waals surface area contributed by atoms with E-state index in [9.17, 15) is 9.59 Å². The largest absolute Gasteiger partial charge is 0.461 e. The van der Waals surface area contributed by atoms with E-state index in [1.807, 2.05) is 18.4 Å². The van der Waals surface area contributed by atoms with Crippen LogP contribution in [0, 0.1) is 0 Å². The van der Waals surface area contributed by atoms with Crippen LogP contribution in [-0.2, 0) is 11.3 Å². The van der Waals surface area contributed by atoms with Crippen LogP contribution >= 0.6 is 11.8 Å². The first-order valence-electron chi connectivity index (χ1n) is 7.83. The summed E-state index contributed by atoms with van der Waals surface area (Å²) in [7, 11) is 0. The minimum absolute atomic E-state index is 0.0808. The lowest BCUT2D eigenvalue weighted by Gasteiger charge is -2.07. The molecular formula is C15H21N5O3S. The lowest BCUT2D eigenvalue weighted by atomic mass is 10.3. The third kappa shape index (κ3) is 4.85. The van der Waals surface area contributed by atoms with Gasteiger partial charge in [-0.25, -0.2) is 4.79 Å². The van der Waals surface area contributed by atoms with Crippen molar-refractivity contribution in [2.75, 3.05) is 12.3 Å². The van der Waals surface area contributed by atoms with Crippen LogP contribution in [0.3, 0.4) is 0 Å². The minimum Gasteiger partial charge on any atom is -0.461 e. The van der Waals surface area contributed by atoms with E-state index in [4.69, 9.17) is 4.42 Å². The molecule has 2 heterocycles. The second kappa shape index (κ2) is 9.11. The van der Waals surface area contributed by atoms with E-state index in [0.29, 0.717) is 29.8 Å². The van der Waals surface area contributed by atoms with Crippen LogP contribution in [0.2, 0.25) is 0 Å². The Morgan fingerprint density at radius 2 is 2.17 bits per heavy atom. The first-order valence-corrected chi connectivity index (χ1v) is 8.81. The number of carbonyl (C=O) groups excluding carboxylic acids is 2. The standard InChI is InChI=1S/C15H21N5O3S/c1-3-5-8-16-14(22)17-12(21)10-24-15-19-18-13(20(15)4-2)11-7-6-9-23-11/h6-7,9H,3-5,8,10H2,1-2H3,(H2,16,17,21,22). The number of nitrogens with zero attached hydrogens (tertiary/aromatic N) is 3. The van der Waals surface area contributed by atoms with Gasteiger partial charge in [-0.2, -0.15) is 0 Å². The van der Waals surface area contributed by atoms with Crippen molar-refractivity contribution in [1.29, 1.82) is 0 Å². The van der Waals surface area contributed by atoms with Crippen LogP contribution in [0.15, 0.2) is 28.0 Å². The molecule has 24 heavy (non-hydrogen) atoms. The van der Waals surface area contributed by atoms with Gasteiger partial charge in [0.05, 0.1) is 12.0 Å². The highest BCUT2D eigenvalue weighted by molar-refractivity contribution is 7.99. The zero-order valence-corrected chi connectivity index (χ0v) is 14.6. The number of furan rings is 1. The van der Waals surface area contributed by atoms with E-state index in [1.165, 1.54) is 11.8 Å². The molecule has 130 valence electrons. The molecule has 0 radical (unpaired) electrons. The second-order valence-electron chi connectivity index (χ2n) is 4.97. The maximum atomic E-state index is 11.8. The normalized spacial score (nSPS) is 10.6. The van der Waals surface area contributed by atoms with Gasteiger partial charge in [-0.05, 0) is 25.5 Å². The predicted octanol–water partition coefficient (Wildman–Crippen LogP) is 2.28. The average Bonchev–Trinajstić information content (AvgIpc) is 3.21. The zero-order valence-electron chi connectivity index (χ0n) is 13.7. The highest BCUT2D eigenvalue weighted by Crippen LogP contribution is 2.23. The lowest BCUT2D eigenvalue weighted by Crippen LogP contribution is -2.40. The molecule has 8 nitrogen and oxygen atoms in total. The van der Waals surface area contributed by atoms with E-state index in [2.05, 4.69) is 20.8 Å². The molecular weight excluding hydrogens is 330 g/mol. The second-order valence-corrected chi connectivity index (χ2v) is 5.92. The van der Waals surface area contributed by atoms with Gasteiger partial charge >= 0.3 is 6.03 Å². The third-order valence-electron chi connectivity index (χ3n) is 3.18. The van der Waals surface area contributed by atoms with Crippen molar-refractivity contribution >= 4 is 23.7 Å². The van der Waals surface area contributed by atoms with Crippen molar-refractivity contribution in [3.05, 3.63) is 18.4 Å². The van der Waals surface area contributed by atoms with Gasteiger partial charge in [-0.1, -0.05) is 25.1 Å². The number of hydrogen-bond acceptors (Lipinski definition) is 6. The number of nitrogens with one attached hydrogen (secondary N) is 2. The summed E-state index contributed by atoms with van der Waals surface area (Å²) in [4.78, 5) is 23.4. The number of imide groups is 1. The summed E-state index contributed by atoms with van der Waals surface area (Å²) in [6.45, 7) is 5.19. The molecule has 3 amide bonds. The Bertz CT molecular complexity index is 669. The smallest absolute Gasteiger partial charge is 0.321 e. The van der Waals surface area contributed by atoms with Gasteiger partial charge in [0.25, 0.3) is 0 Å². The summed E-state index contributed by atoms with van der Waals surface area (Å²) in [6.07, 6.45) is 3.43. The highest BCUT2D eigenvalue weighted by atomic mass is 32.2. The topological polar surface area (TPSA) is 102 Å². The minimum atomic E-state index is -0.470. The van der Waals surface area contributed by atoms with Crippen molar-refractivity contribution in [2.45, 2.75) is 38.4 Å². The van der Waals surface area contributed by atoms with E-state index >= 15 is 0 Å². The fourth-order valence-electron chi connectivity index (χ4n) is 1.98. The number of rotatable bonds is 8. The van der Waals surface area contributed by atoms with Crippen molar-refractivity contribution < 1.29 is 14.0 Å². The fraction of sp³-hybridized carbons (Fsp3) is 0.467. The van der Waals surface area contributed by atoms with Crippen LogP contribution < -0.4 is 10.6 Å². The van der Waals surface area contributed by atoms with Crippen molar-refractivity contribution in [2.24, 2.45) is 0 Å². The number of aromatic nitrogens is 3. The Morgan fingerprint density at radius 1 is 1.33 bits per heavy atom. The molecule has 0 aliphatic heterocycles. The van der Waals surface area contributed by atoms with Gasteiger partial charge in [-0.15, -0.1) is 10.2 Å². The molecule has 0 aliphatic carbocycles. The van der Waals surface area contributed by atoms with Gasteiger partial charge in [-0.3, -0.25) is 14.7 Å². The third-order valence-corrected chi connectivity index (χ3v) is 4.14. The Hall–Kier alpha value is -2.29. The molecule has 2 aromatic rings. The summed E-state index contributed by atoms with van der Waals surface area (Å²) < 4.78 is 7.19. The quantitative estimate of drug-likeness (QED) is 0.559. The zero-order chi connectivity index (χ0) is 17.4. The highest BCUT2D eigenvalue weighted by Gasteiger charge is 2.16. The summed E-state index contributed by atoms with van der Waals surface area (Å²) in [6, 6.07) is 3.11. The lowest BCUT2D eigenvalue weighted by molar-refractivity contribution is -0.117. The van der Waals surface area contributed by atoms with Crippen LogP contribution in [0.25, 0.3) is 11.6 Å². The maximum absolute atomic E-state index is 11.8. The molecule has 9 heteroatoms. The first-order chi connectivity index (χ1) is 11.7. The summed E-state index contributed by atoms with van der Waals surface area (Å²) in [5, 5.41) is 13.7. The number of hydrogen-bond donors (Lipinski definition) is 2. The summed E-state index contributed by atoms with van der Waals surface area (Å²) in [5.41, 5.74) is 0. The van der Waals surface area contributed by atoms with E-state index in [1.54, 1.807) is 18.4 Å². The van der Waals surface area contributed by atoms with Gasteiger partial charge in [0.1, 0.15) is 0 Å². The van der Waals surface area contributed by atoms with Crippen LogP contribution in [0.4, 0.5) is 4.79 Å². The van der Waals surface area contributed by atoms with Gasteiger partial charge in [0.15, 0.2) is 16.7 Å². The fourth-order valence-corrected chi connectivity index (χ4v) is 2.79. The van der Waals surface area contributed by atoms with Gasteiger partial charge < -0.3 is 9.73 Å². The van der Waals surface area contributed by atoms with Crippen LogP contribution in [0.1, 0.15) is 26.7 Å². The molecule has 0 aliphatic rings. The van der Waals surface area contributed by atoms with Crippen molar-refractivity contribution in [1.82, 2.24) is 25.4 Å². The monoisotopic (exact) mass is 351 g/mol. The van der Waals surface area contributed by atoms with Gasteiger partial charge in [0, 0.05) is 13.1 Å². The SMILES string of the molecule is CCCCNC(=O)NC(=O)CSc1nnc(-c2ccco2)n1CC. The van der Waals surface area contributed by atoms with Crippen molar-refractivity contribution in [3.63, 3.8) is 0 Å². The number of carbonyl (C=O) groups is 2. The Balaban J connectivity index is 1.88. The van der Waals surface area contributed by atoms with Crippen molar-refractivity contribution in [3.8, 4) is 11.6 Å². The number of unbranched alkanes of at least 4 members (excludes halogenated alkanes) is 1. The predicted molar refractivity (Wildman–Crippen MR) is 90.6 cm³/mol. The van der Waals surface area contributed by atoms with Gasteiger partial charge in [0.2, 0.25) is 5.91 Å². The Kier molecular flexibility index (Phi) is 6.86. The molecule has 0 fully saturated rings. The average molecular weight is 351 g/mol. The molecule has 2 N–H and O–H groups in total. The molecule has 0 saturated carbocycles. The molecule has 0 saturated heterocycles. The summed E-state index contributed by atoms with van der Waals surface area (Å²) in [5.74, 6) is 0.940. The molecule has 0 unspecified atom stereocenters. The molecule has 0 aromatic carbocycles. The maximum Gasteiger partial charge on any atom is 0.321 e. The van der Waals surface area contributed by atoms with E-state index in [-0.39, 0.29) is 11.7 Å². The Labute approximate surface area is 144 Å². The molecule has 0 spiro atoms. The molecule has 2 aromatic heterocycles. The molecule has 2 rings (SSSR count). The Morgan fingerprint density at radius 3 is 2.83 bits per heavy atom. The first kappa shape index (κ1) is 18.1.